The van der Waals surface area contributed by atoms with Crippen LogP contribution in [0.5, 0.6) is 0 Å². The third-order valence-electron chi connectivity index (χ3n) is 3.26. The van der Waals surface area contributed by atoms with Crippen molar-refractivity contribution < 1.29 is 94.7 Å². The molecule has 0 aromatic carbocycles. The van der Waals surface area contributed by atoms with Crippen LogP contribution >= 0.6 is 23.5 Å². The zero-order valence-electron chi connectivity index (χ0n) is 18.4. The van der Waals surface area contributed by atoms with E-state index < -0.39 is 65.9 Å². The van der Waals surface area contributed by atoms with Crippen molar-refractivity contribution in [2.45, 2.75) is 24.5 Å². The molecule has 30 heavy (non-hydrogen) atoms. The summed E-state index contributed by atoms with van der Waals surface area (Å²) in [5.41, 5.74) is -1.80. The van der Waals surface area contributed by atoms with Gasteiger partial charge in [0.25, 0.3) is 21.2 Å². The number of nitrogens with one attached hydrogen (secondary N) is 1. The summed E-state index contributed by atoms with van der Waals surface area (Å²) < 4.78 is 48.9. The second kappa shape index (κ2) is 10.2. The summed E-state index contributed by atoms with van der Waals surface area (Å²) in [6, 6.07) is 0.893. The van der Waals surface area contributed by atoms with Crippen molar-refractivity contribution in [1.82, 2.24) is 9.55 Å². The van der Waals surface area contributed by atoms with E-state index in [1.807, 2.05) is 4.98 Å². The Labute approximate surface area is 192 Å². The maximum atomic E-state index is 11.7. The van der Waals surface area contributed by atoms with Crippen LogP contribution in [0.15, 0.2) is 21.9 Å². The summed E-state index contributed by atoms with van der Waals surface area (Å²) in [7, 11) is -18.2. The molecule has 17 nitrogen and oxygen atoms in total. The van der Waals surface area contributed by atoms with E-state index >= 15 is 0 Å². The molecule has 1 fully saturated rings. The first kappa shape index (κ1) is 27.9. The average Bonchev–Trinajstić information content (AvgIpc) is 2.78. The molecule has 3 N–H and O–H groups in total. The predicted octanol–water partition coefficient (Wildman–Crippen LogP) is -4.58. The minimum absolute atomic E-state index is 0. The van der Waals surface area contributed by atoms with E-state index in [9.17, 15) is 53.1 Å². The number of ether oxygens (including phenoxy) is 1. The second-order valence-electron chi connectivity index (χ2n) is 5.36. The monoisotopic (exact) mass is 686 g/mol. The molecule has 1 radical (unpaired) electrons. The molecule has 0 amide bonds. The van der Waals surface area contributed by atoms with Crippen LogP contribution in [-0.4, -0.2) is 44.7 Å². The Morgan fingerprint density at radius 3 is 2.23 bits per heavy atom. The molecule has 1 aromatic heterocycles. The number of phosphoric acid groups is 3. The molecule has 6 unspecified atom stereocenters. The smallest absolute Gasteiger partial charge is 0.790 e. The normalized spacial score (nSPS) is 28.3. The summed E-state index contributed by atoms with van der Waals surface area (Å²) >= 11 is 0. The van der Waals surface area contributed by atoms with Gasteiger partial charge >= 0.3 is 39.1 Å². The fourth-order valence-corrected chi connectivity index (χ4v) is 5.04. The van der Waals surface area contributed by atoms with Crippen LogP contribution in [0, 0.1) is 0 Å². The number of hydrogen-bond donors (Lipinski definition) is 3. The van der Waals surface area contributed by atoms with Crippen LogP contribution < -0.4 is 30.8 Å². The first-order valence-electron chi connectivity index (χ1n) is 7.15. The molecule has 21 heteroatoms. The zero-order valence-corrected chi connectivity index (χ0v) is 22.5. The molecule has 2 heterocycles. The van der Waals surface area contributed by atoms with Gasteiger partial charge < -0.3 is 43.6 Å². The van der Waals surface area contributed by atoms with Crippen molar-refractivity contribution in [3.8, 4) is 0 Å². The Morgan fingerprint density at radius 1 is 1.10 bits per heavy atom. The topological polar surface area (TPSA) is 276 Å². The molecule has 1 saturated heterocycles. The van der Waals surface area contributed by atoms with Gasteiger partial charge in [-0.1, -0.05) is 0 Å². The number of rotatable bonds is 8. The number of phosphoric ester groups is 1. The molecule has 2 rings (SSSR count). The number of aliphatic hydroxyl groups is 2. The van der Waals surface area contributed by atoms with Crippen LogP contribution in [0.4, 0.5) is 0 Å². The van der Waals surface area contributed by atoms with Gasteiger partial charge in [0.1, 0.15) is 18.3 Å². The van der Waals surface area contributed by atoms with Gasteiger partial charge in [0.15, 0.2) is 6.23 Å². The van der Waals surface area contributed by atoms with E-state index in [0.717, 1.165) is 12.3 Å². The minimum atomic E-state index is -6.17. The van der Waals surface area contributed by atoms with Gasteiger partial charge in [-0.25, -0.2) is 9.11 Å². The molecule has 0 saturated carbocycles. The van der Waals surface area contributed by atoms with E-state index in [2.05, 4.69) is 13.1 Å². The van der Waals surface area contributed by atoms with Gasteiger partial charge in [0.2, 0.25) is 0 Å². The molecule has 167 valence electrons. The van der Waals surface area contributed by atoms with Crippen LogP contribution in [0.3, 0.4) is 0 Å². The standard InChI is InChI=1S/C9H15N2O15P3.Hg/c12-5-1-2-11(9(15)10-5)8-7(14)6(13)4(24-8)3-23-28(19,20)26-29(21,22)25-27(16,17)18;/h1-2,4,6-8,13-14H,3H2,(H,19,20)(H,21,22)(H,10,12,15)(H2,16,17,18);/q;+1. The third kappa shape index (κ3) is 7.80. The maximum absolute atomic E-state index is 11.7. The van der Waals surface area contributed by atoms with Crippen LogP contribution in [0.2, 0.25) is 0 Å². The van der Waals surface area contributed by atoms with Crippen molar-refractivity contribution in [3.63, 3.8) is 0 Å². The summed E-state index contributed by atoms with van der Waals surface area (Å²) in [6.07, 6.45) is -5.98. The van der Waals surface area contributed by atoms with Crippen molar-refractivity contribution in [3.05, 3.63) is 33.1 Å². The van der Waals surface area contributed by atoms with Gasteiger partial charge in [0, 0.05) is 12.3 Å². The maximum Gasteiger partial charge on any atom is 1.00 e. The number of aromatic nitrogens is 2. The van der Waals surface area contributed by atoms with E-state index in [1.54, 1.807) is 0 Å². The molecule has 0 bridgehead atoms. The molecule has 0 spiro atoms. The molecular weight excluding hydrogens is 670 g/mol. The number of nitrogens with zero attached hydrogens (tertiary/aromatic N) is 1. The third-order valence-corrected chi connectivity index (χ3v) is 6.92. The van der Waals surface area contributed by atoms with E-state index in [1.165, 1.54) is 0 Å². The Kier molecular flexibility index (Phi) is 9.53. The van der Waals surface area contributed by atoms with Gasteiger partial charge in [-0.15, -0.1) is 0 Å². The van der Waals surface area contributed by atoms with Gasteiger partial charge in [-0.3, -0.25) is 27.8 Å². The number of aromatic amines is 1. The number of H-pyrrole nitrogens is 1. The Bertz CT molecular complexity index is 1020. The SMILES string of the molecule is O=c1ccn(C2OC(COP(=O)([O-])OP(=O)([O-])OP(=O)([O-])[O-])C(O)C2O)c(=O)[nH]1.[H+].[H+].[H+].[H+].[Hg+]. The summed E-state index contributed by atoms with van der Waals surface area (Å²) in [6.45, 7) is -1.17. The first-order valence-corrected chi connectivity index (χ1v) is 11.5. The molecule has 1 aliphatic rings. The van der Waals surface area contributed by atoms with E-state index in [-0.39, 0.29) is 33.4 Å². The van der Waals surface area contributed by atoms with Crippen molar-refractivity contribution in [2.75, 3.05) is 6.61 Å². The summed E-state index contributed by atoms with van der Waals surface area (Å²) in [5.74, 6) is 0. The van der Waals surface area contributed by atoms with Crippen molar-refractivity contribution in [2.24, 2.45) is 0 Å². The van der Waals surface area contributed by atoms with Crippen LogP contribution in [-0.2, 0) is 59.2 Å². The minimum Gasteiger partial charge on any atom is -0.790 e. The first-order chi connectivity index (χ1) is 13.1. The van der Waals surface area contributed by atoms with Gasteiger partial charge in [0.05, 0.1) is 14.4 Å². The summed E-state index contributed by atoms with van der Waals surface area (Å²) in [5, 5.41) is 19.8. The molecular formula is C9H15HgN2O15P3+. The van der Waals surface area contributed by atoms with Gasteiger partial charge in [-0.2, -0.15) is 0 Å². The Balaban J connectivity index is -0.000000900. The average molecular weight is 685 g/mol. The Hall–Kier alpha value is -0.0949. The van der Waals surface area contributed by atoms with Crippen LogP contribution in [0.25, 0.3) is 0 Å². The summed E-state index contributed by atoms with van der Waals surface area (Å²) in [4.78, 5) is 67.6. The predicted molar refractivity (Wildman–Crippen MR) is 82.6 cm³/mol. The molecule has 1 aromatic rings. The van der Waals surface area contributed by atoms with Crippen LogP contribution in [0.1, 0.15) is 11.9 Å². The van der Waals surface area contributed by atoms with Gasteiger partial charge in [-0.05, 0) is 0 Å². The second-order valence-corrected chi connectivity index (χ2v) is 9.61. The van der Waals surface area contributed by atoms with Crippen molar-refractivity contribution >= 4 is 23.5 Å². The zero-order chi connectivity index (χ0) is 22.2. The fraction of sp³-hybridized carbons (Fsp3) is 0.556. The van der Waals surface area contributed by atoms with Crippen molar-refractivity contribution in [1.29, 1.82) is 0 Å². The largest absolute Gasteiger partial charge is 1.00 e. The Morgan fingerprint density at radius 2 is 1.70 bits per heavy atom. The number of hydrogen-bond acceptors (Lipinski definition) is 15. The number of aliphatic hydroxyl groups excluding tert-OH is 2. The molecule has 0 aliphatic carbocycles. The molecule has 1 aliphatic heterocycles. The van der Waals surface area contributed by atoms with E-state index in [4.69, 9.17) is 4.74 Å². The fourth-order valence-electron chi connectivity index (χ4n) is 2.17. The molecule has 6 atom stereocenters. The quantitative estimate of drug-likeness (QED) is 0.172. The van der Waals surface area contributed by atoms with E-state index in [0.29, 0.717) is 4.57 Å².